The molecule has 0 unspecified atom stereocenters. The summed E-state index contributed by atoms with van der Waals surface area (Å²) in [6.45, 7) is 6.58. The minimum atomic E-state index is -0.0821. The van der Waals surface area contributed by atoms with E-state index in [1.54, 1.807) is 0 Å². The fourth-order valence-corrected chi connectivity index (χ4v) is 3.52. The molecule has 2 saturated heterocycles. The van der Waals surface area contributed by atoms with Crippen LogP contribution in [0.5, 0.6) is 0 Å². The minimum Gasteiger partial charge on any atom is -0.446 e. The molecule has 1 saturated carbocycles. The molecule has 2 heterocycles. The van der Waals surface area contributed by atoms with E-state index >= 15 is 0 Å². The van der Waals surface area contributed by atoms with Gasteiger partial charge in [-0.1, -0.05) is 0 Å². The summed E-state index contributed by atoms with van der Waals surface area (Å²) in [5.41, 5.74) is 0. The number of amides is 1. The third kappa shape index (κ3) is 3.64. The van der Waals surface area contributed by atoms with Crippen LogP contribution in [0.2, 0.25) is 0 Å². The summed E-state index contributed by atoms with van der Waals surface area (Å²) < 4.78 is 11.0. The van der Waals surface area contributed by atoms with E-state index < -0.39 is 0 Å². The number of morpholine rings is 1. The van der Waals surface area contributed by atoms with E-state index in [1.165, 1.54) is 12.8 Å². The number of carbonyl (C=O) groups excluding carboxylic acids is 1. The molecule has 0 aromatic rings. The van der Waals surface area contributed by atoms with Gasteiger partial charge in [0.2, 0.25) is 0 Å². The second-order valence-electron chi connectivity index (χ2n) is 6.30. The first-order valence-electron chi connectivity index (χ1n) is 8.07. The third-order valence-corrected chi connectivity index (χ3v) is 4.73. The van der Waals surface area contributed by atoms with Gasteiger partial charge in [-0.2, -0.15) is 0 Å². The van der Waals surface area contributed by atoms with Gasteiger partial charge in [0.1, 0.15) is 6.10 Å². The van der Waals surface area contributed by atoms with Crippen molar-refractivity contribution in [2.45, 2.75) is 38.2 Å². The van der Waals surface area contributed by atoms with Crippen molar-refractivity contribution in [3.63, 3.8) is 0 Å². The minimum absolute atomic E-state index is 0.0821. The Balaban J connectivity index is 1.40. The molecule has 5 nitrogen and oxygen atoms in total. The molecule has 1 atom stereocenters. The standard InChI is InChI=1S/C15H26N2O3/c18-15(20-14-3-1-2-4-14)17-6-5-13(12-17)11-16-7-9-19-10-8-16/h13-14H,1-12H2/t13-/m1/s1. The first-order valence-corrected chi connectivity index (χ1v) is 8.07. The van der Waals surface area contributed by atoms with E-state index in [4.69, 9.17) is 9.47 Å². The van der Waals surface area contributed by atoms with E-state index in [0.717, 1.165) is 65.2 Å². The van der Waals surface area contributed by atoms with Crippen LogP contribution in [0.25, 0.3) is 0 Å². The normalized spacial score (nSPS) is 29.0. The van der Waals surface area contributed by atoms with Crippen LogP contribution in [0.3, 0.4) is 0 Å². The van der Waals surface area contributed by atoms with Crippen molar-refractivity contribution in [2.24, 2.45) is 5.92 Å². The number of hydrogen-bond acceptors (Lipinski definition) is 4. The molecule has 0 radical (unpaired) electrons. The Morgan fingerprint density at radius 3 is 2.60 bits per heavy atom. The molecule has 3 rings (SSSR count). The highest BCUT2D eigenvalue weighted by Gasteiger charge is 2.30. The van der Waals surface area contributed by atoms with Crippen molar-refractivity contribution in [1.82, 2.24) is 9.80 Å². The van der Waals surface area contributed by atoms with Crippen LogP contribution in [0.4, 0.5) is 4.79 Å². The summed E-state index contributed by atoms with van der Waals surface area (Å²) in [7, 11) is 0. The average Bonchev–Trinajstić information content (AvgIpc) is 3.11. The monoisotopic (exact) mass is 282 g/mol. The fourth-order valence-electron chi connectivity index (χ4n) is 3.52. The third-order valence-electron chi connectivity index (χ3n) is 4.73. The topological polar surface area (TPSA) is 42.0 Å². The van der Waals surface area contributed by atoms with Gasteiger partial charge in [-0.3, -0.25) is 4.90 Å². The van der Waals surface area contributed by atoms with E-state index in [2.05, 4.69) is 4.90 Å². The van der Waals surface area contributed by atoms with Crippen molar-refractivity contribution in [3.8, 4) is 0 Å². The van der Waals surface area contributed by atoms with Crippen molar-refractivity contribution in [3.05, 3.63) is 0 Å². The average molecular weight is 282 g/mol. The molecule has 3 aliphatic rings. The van der Waals surface area contributed by atoms with Gasteiger partial charge >= 0.3 is 6.09 Å². The van der Waals surface area contributed by atoms with Crippen LogP contribution in [0.1, 0.15) is 32.1 Å². The Bertz CT molecular complexity index is 325. The van der Waals surface area contributed by atoms with Crippen LogP contribution in [0, 0.1) is 5.92 Å². The molecule has 114 valence electrons. The quantitative estimate of drug-likeness (QED) is 0.790. The molecule has 0 bridgehead atoms. The predicted molar refractivity (Wildman–Crippen MR) is 75.7 cm³/mol. The van der Waals surface area contributed by atoms with Gasteiger partial charge in [-0.15, -0.1) is 0 Å². The van der Waals surface area contributed by atoms with Crippen LogP contribution in [-0.4, -0.2) is 67.9 Å². The highest BCUT2D eigenvalue weighted by Crippen LogP contribution is 2.24. The van der Waals surface area contributed by atoms with Gasteiger partial charge in [0, 0.05) is 32.7 Å². The van der Waals surface area contributed by atoms with Crippen LogP contribution in [-0.2, 0) is 9.47 Å². The lowest BCUT2D eigenvalue weighted by Crippen LogP contribution is -2.40. The zero-order chi connectivity index (χ0) is 13.8. The van der Waals surface area contributed by atoms with Gasteiger partial charge < -0.3 is 14.4 Å². The zero-order valence-corrected chi connectivity index (χ0v) is 12.3. The second-order valence-corrected chi connectivity index (χ2v) is 6.30. The van der Waals surface area contributed by atoms with E-state index in [0.29, 0.717) is 5.92 Å². The van der Waals surface area contributed by atoms with Gasteiger partial charge in [-0.25, -0.2) is 4.79 Å². The Morgan fingerprint density at radius 2 is 1.85 bits per heavy atom. The van der Waals surface area contributed by atoms with Crippen LogP contribution in [0.15, 0.2) is 0 Å². The number of ether oxygens (including phenoxy) is 2. The Morgan fingerprint density at radius 1 is 1.10 bits per heavy atom. The van der Waals surface area contributed by atoms with Crippen molar-refractivity contribution >= 4 is 6.09 Å². The molecule has 1 aliphatic carbocycles. The summed E-state index contributed by atoms with van der Waals surface area (Å²) >= 11 is 0. The summed E-state index contributed by atoms with van der Waals surface area (Å²) in [5, 5.41) is 0. The maximum Gasteiger partial charge on any atom is 0.410 e. The Hall–Kier alpha value is -0.810. The van der Waals surface area contributed by atoms with E-state index in [9.17, 15) is 4.79 Å². The molecular weight excluding hydrogens is 256 g/mol. The maximum absolute atomic E-state index is 12.1. The molecule has 5 heteroatoms. The van der Waals surface area contributed by atoms with Gasteiger partial charge in [0.05, 0.1) is 13.2 Å². The predicted octanol–water partition coefficient (Wildman–Crippen LogP) is 1.72. The molecular formula is C15H26N2O3. The lowest BCUT2D eigenvalue weighted by molar-refractivity contribution is 0.0305. The highest BCUT2D eigenvalue weighted by atomic mass is 16.6. The van der Waals surface area contributed by atoms with Crippen molar-refractivity contribution in [1.29, 1.82) is 0 Å². The molecule has 0 aromatic heterocycles. The fraction of sp³-hybridized carbons (Fsp3) is 0.933. The summed E-state index contributed by atoms with van der Waals surface area (Å²) in [5.74, 6) is 0.601. The number of hydrogen-bond donors (Lipinski definition) is 0. The molecule has 0 N–H and O–H groups in total. The van der Waals surface area contributed by atoms with E-state index in [-0.39, 0.29) is 12.2 Å². The largest absolute Gasteiger partial charge is 0.446 e. The Kier molecular flexibility index (Phi) is 4.78. The highest BCUT2D eigenvalue weighted by molar-refractivity contribution is 5.68. The van der Waals surface area contributed by atoms with Gasteiger partial charge in [0.15, 0.2) is 0 Å². The number of nitrogens with zero attached hydrogens (tertiary/aromatic N) is 2. The lowest BCUT2D eigenvalue weighted by Gasteiger charge is -2.29. The maximum atomic E-state index is 12.1. The molecule has 1 amide bonds. The molecule has 0 spiro atoms. The number of likely N-dealkylation sites (tertiary alicyclic amines) is 1. The first kappa shape index (κ1) is 14.1. The van der Waals surface area contributed by atoms with Crippen molar-refractivity contribution in [2.75, 3.05) is 45.9 Å². The second kappa shape index (κ2) is 6.76. The number of carbonyl (C=O) groups is 1. The van der Waals surface area contributed by atoms with Crippen molar-refractivity contribution < 1.29 is 14.3 Å². The SMILES string of the molecule is O=C(OC1CCCC1)N1CC[C@H](CN2CCOCC2)C1. The molecule has 20 heavy (non-hydrogen) atoms. The summed E-state index contributed by atoms with van der Waals surface area (Å²) in [6, 6.07) is 0. The summed E-state index contributed by atoms with van der Waals surface area (Å²) in [4.78, 5) is 16.5. The summed E-state index contributed by atoms with van der Waals surface area (Å²) in [6.07, 6.45) is 5.72. The van der Waals surface area contributed by atoms with Gasteiger partial charge in [0.25, 0.3) is 0 Å². The smallest absolute Gasteiger partial charge is 0.410 e. The lowest BCUT2D eigenvalue weighted by atomic mass is 10.1. The zero-order valence-electron chi connectivity index (χ0n) is 12.3. The Labute approximate surface area is 121 Å². The van der Waals surface area contributed by atoms with Crippen LogP contribution >= 0.6 is 0 Å². The molecule has 3 fully saturated rings. The van der Waals surface area contributed by atoms with Crippen LogP contribution < -0.4 is 0 Å². The van der Waals surface area contributed by atoms with E-state index in [1.807, 2.05) is 4.90 Å². The molecule has 0 aromatic carbocycles. The number of rotatable bonds is 3. The molecule has 2 aliphatic heterocycles. The first-order chi connectivity index (χ1) is 9.81. The van der Waals surface area contributed by atoms with Gasteiger partial charge in [-0.05, 0) is 38.0 Å².